The topological polar surface area (TPSA) is 30.2 Å². The number of rotatable bonds is 0. The molecule has 0 unspecified atom stereocenters. The summed E-state index contributed by atoms with van der Waals surface area (Å²) in [5.74, 6) is 0. The molecule has 3 nitrogen and oxygen atoms in total. The number of nitrogens with zero attached hydrogens (tertiary/aromatic N) is 3. The highest BCUT2D eigenvalue weighted by atomic mass is 35.5. The van der Waals surface area contributed by atoms with Crippen LogP contribution in [0.3, 0.4) is 0 Å². The molecule has 0 fully saturated rings. The molecule has 0 aliphatic rings. The van der Waals surface area contributed by atoms with Gasteiger partial charge in [0.2, 0.25) is 0 Å². The molecule has 0 amide bonds. The summed E-state index contributed by atoms with van der Waals surface area (Å²) >= 11 is 5.92. The number of hydrogen-bond donors (Lipinski definition) is 0. The first-order valence-electron chi connectivity index (χ1n) is 3.65. The van der Waals surface area contributed by atoms with Crippen molar-refractivity contribution in [2.45, 2.75) is 13.8 Å². The maximum atomic E-state index is 5.92. The van der Waals surface area contributed by atoms with Gasteiger partial charge in [-0.15, -0.1) is 0 Å². The number of halogens is 1. The van der Waals surface area contributed by atoms with E-state index >= 15 is 0 Å². The Morgan fingerprint density at radius 2 is 2.17 bits per heavy atom. The normalized spacial score (nSPS) is 10.9. The second kappa shape index (κ2) is 2.45. The highest BCUT2D eigenvalue weighted by molar-refractivity contribution is 6.30. The van der Waals surface area contributed by atoms with Gasteiger partial charge in [0.1, 0.15) is 11.5 Å². The molecule has 0 aliphatic carbocycles. The van der Waals surface area contributed by atoms with Crippen molar-refractivity contribution in [2.75, 3.05) is 0 Å². The zero-order chi connectivity index (χ0) is 8.72. The highest BCUT2D eigenvalue weighted by Gasteiger charge is 2.06. The molecule has 0 spiro atoms. The minimum absolute atomic E-state index is 0.632. The van der Waals surface area contributed by atoms with Gasteiger partial charge in [-0.05, 0) is 25.5 Å². The molecule has 12 heavy (non-hydrogen) atoms. The number of aryl methyl sites for hydroxylation is 2. The first-order valence-corrected chi connectivity index (χ1v) is 4.03. The maximum absolute atomic E-state index is 5.92. The van der Waals surface area contributed by atoms with Gasteiger partial charge >= 0.3 is 0 Å². The Labute approximate surface area is 75.0 Å². The number of fused-ring (bicyclic) bond motifs is 1. The molecular weight excluding hydrogens is 174 g/mol. The van der Waals surface area contributed by atoms with Crippen LogP contribution in [0, 0.1) is 13.8 Å². The number of hydrogen-bond acceptors (Lipinski definition) is 2. The van der Waals surface area contributed by atoms with E-state index in [2.05, 4.69) is 10.1 Å². The third kappa shape index (κ3) is 0.898. The molecule has 62 valence electrons. The van der Waals surface area contributed by atoms with Crippen LogP contribution in [-0.4, -0.2) is 14.6 Å². The summed E-state index contributed by atoms with van der Waals surface area (Å²) in [7, 11) is 0. The van der Waals surface area contributed by atoms with E-state index in [9.17, 15) is 0 Å². The summed E-state index contributed by atoms with van der Waals surface area (Å²) in [6.45, 7) is 3.94. The Morgan fingerprint density at radius 3 is 2.83 bits per heavy atom. The summed E-state index contributed by atoms with van der Waals surface area (Å²) in [4.78, 5) is 4.09. The Kier molecular flexibility index (Phi) is 1.54. The molecule has 2 aromatic rings. The lowest BCUT2D eigenvalue weighted by molar-refractivity contribution is 0.886. The van der Waals surface area contributed by atoms with Gasteiger partial charge in [-0.3, -0.25) is 0 Å². The van der Waals surface area contributed by atoms with Gasteiger partial charge in [-0.25, -0.2) is 9.50 Å². The summed E-state index contributed by atoms with van der Waals surface area (Å²) in [5, 5.41) is 4.67. The van der Waals surface area contributed by atoms with Crippen LogP contribution in [0.1, 0.15) is 11.3 Å². The first-order chi connectivity index (χ1) is 5.70. The Hall–Kier alpha value is -1.09. The fraction of sp³-hybridized carbons (Fsp3) is 0.250. The Balaban J connectivity index is 2.99. The van der Waals surface area contributed by atoms with E-state index < -0.39 is 0 Å². The summed E-state index contributed by atoms with van der Waals surface area (Å²) in [6, 6.07) is 1.89. The molecule has 0 N–H and O–H groups in total. The van der Waals surface area contributed by atoms with Crippen molar-refractivity contribution in [2.24, 2.45) is 0 Å². The zero-order valence-electron chi connectivity index (χ0n) is 6.87. The van der Waals surface area contributed by atoms with Gasteiger partial charge < -0.3 is 0 Å². The molecule has 0 saturated heterocycles. The molecule has 0 aliphatic heterocycles. The van der Waals surface area contributed by atoms with E-state index in [1.54, 1.807) is 4.52 Å². The summed E-state index contributed by atoms with van der Waals surface area (Å²) < 4.78 is 1.69. The molecule has 0 radical (unpaired) electrons. The first kappa shape index (κ1) is 7.55. The molecule has 0 saturated carbocycles. The van der Waals surface area contributed by atoms with Crippen molar-refractivity contribution in [3.63, 3.8) is 0 Å². The lowest BCUT2D eigenvalue weighted by Gasteiger charge is -1.97. The van der Waals surface area contributed by atoms with E-state index in [0.29, 0.717) is 5.15 Å². The van der Waals surface area contributed by atoms with E-state index in [1.165, 1.54) is 6.33 Å². The standard InChI is InChI=1S/C8H8ClN3/c1-5-3-7(9)12-8(5)6(2)10-4-11-12/h3-4H,1-2H3. The fourth-order valence-electron chi connectivity index (χ4n) is 1.36. The lowest BCUT2D eigenvalue weighted by Crippen LogP contribution is -1.95. The van der Waals surface area contributed by atoms with E-state index in [1.807, 2.05) is 19.9 Å². The average Bonchev–Trinajstić information content (AvgIpc) is 2.29. The SMILES string of the molecule is Cc1cc(Cl)n2ncnc(C)c12. The predicted molar refractivity (Wildman–Crippen MR) is 47.5 cm³/mol. The molecular formula is C8H8ClN3. The minimum Gasteiger partial charge on any atom is -0.238 e. The molecule has 0 aromatic carbocycles. The van der Waals surface area contributed by atoms with E-state index in [-0.39, 0.29) is 0 Å². The smallest absolute Gasteiger partial charge is 0.136 e. The molecule has 0 atom stereocenters. The average molecular weight is 182 g/mol. The molecule has 4 heteroatoms. The van der Waals surface area contributed by atoms with Crippen molar-refractivity contribution in [1.29, 1.82) is 0 Å². The largest absolute Gasteiger partial charge is 0.238 e. The van der Waals surface area contributed by atoms with Crippen molar-refractivity contribution in [3.8, 4) is 0 Å². The van der Waals surface area contributed by atoms with Crippen LogP contribution in [0.2, 0.25) is 5.15 Å². The van der Waals surface area contributed by atoms with Crippen molar-refractivity contribution < 1.29 is 0 Å². The van der Waals surface area contributed by atoms with Gasteiger partial charge in [0, 0.05) is 0 Å². The second-order valence-electron chi connectivity index (χ2n) is 2.76. The molecule has 2 rings (SSSR count). The Bertz CT molecular complexity index is 433. The van der Waals surface area contributed by atoms with Crippen LogP contribution in [0.25, 0.3) is 5.52 Å². The van der Waals surface area contributed by atoms with Crippen LogP contribution in [0.5, 0.6) is 0 Å². The third-order valence-corrected chi connectivity index (χ3v) is 2.15. The maximum Gasteiger partial charge on any atom is 0.136 e. The van der Waals surface area contributed by atoms with Crippen LogP contribution in [0.4, 0.5) is 0 Å². The molecule has 0 bridgehead atoms. The highest BCUT2D eigenvalue weighted by Crippen LogP contribution is 2.19. The summed E-state index contributed by atoms with van der Waals surface area (Å²) in [5.41, 5.74) is 3.06. The van der Waals surface area contributed by atoms with Gasteiger partial charge in [-0.1, -0.05) is 11.6 Å². The van der Waals surface area contributed by atoms with Gasteiger partial charge in [0.15, 0.2) is 0 Å². The second-order valence-corrected chi connectivity index (χ2v) is 3.14. The number of aromatic nitrogens is 3. The Morgan fingerprint density at radius 1 is 1.42 bits per heavy atom. The minimum atomic E-state index is 0.632. The van der Waals surface area contributed by atoms with Crippen molar-refractivity contribution >= 4 is 17.1 Å². The van der Waals surface area contributed by atoms with Crippen molar-refractivity contribution in [3.05, 3.63) is 28.8 Å². The van der Waals surface area contributed by atoms with E-state index in [0.717, 1.165) is 16.8 Å². The lowest BCUT2D eigenvalue weighted by atomic mass is 10.3. The van der Waals surface area contributed by atoms with Gasteiger partial charge in [0.05, 0.1) is 11.2 Å². The van der Waals surface area contributed by atoms with Gasteiger partial charge in [0.25, 0.3) is 0 Å². The van der Waals surface area contributed by atoms with Crippen molar-refractivity contribution in [1.82, 2.24) is 14.6 Å². The monoisotopic (exact) mass is 181 g/mol. The predicted octanol–water partition coefficient (Wildman–Crippen LogP) is 2.00. The summed E-state index contributed by atoms with van der Waals surface area (Å²) in [6.07, 6.45) is 1.51. The molecule has 2 heterocycles. The van der Waals surface area contributed by atoms with Crippen LogP contribution >= 0.6 is 11.6 Å². The van der Waals surface area contributed by atoms with Crippen LogP contribution < -0.4 is 0 Å². The van der Waals surface area contributed by atoms with Gasteiger partial charge in [-0.2, -0.15) is 5.10 Å². The van der Waals surface area contributed by atoms with Crippen LogP contribution in [0.15, 0.2) is 12.4 Å². The third-order valence-electron chi connectivity index (χ3n) is 1.88. The van der Waals surface area contributed by atoms with E-state index in [4.69, 9.17) is 11.6 Å². The molecule has 2 aromatic heterocycles. The zero-order valence-corrected chi connectivity index (χ0v) is 7.63. The quantitative estimate of drug-likeness (QED) is 0.622. The fourth-order valence-corrected chi connectivity index (χ4v) is 1.65. The van der Waals surface area contributed by atoms with Crippen LogP contribution in [-0.2, 0) is 0 Å².